The number of nitrogens with one attached hydrogen (secondary N) is 2. The summed E-state index contributed by atoms with van der Waals surface area (Å²) in [7, 11) is 0. The van der Waals surface area contributed by atoms with Gasteiger partial charge < -0.3 is 19.8 Å². The molecule has 1 aromatic heterocycles. The second kappa shape index (κ2) is 8.57. The number of rotatable bonds is 7. The van der Waals surface area contributed by atoms with Crippen molar-refractivity contribution >= 4 is 23.6 Å². The maximum absolute atomic E-state index is 11.8. The molecule has 0 saturated carbocycles. The van der Waals surface area contributed by atoms with Gasteiger partial charge in [-0.15, -0.1) is 0 Å². The summed E-state index contributed by atoms with van der Waals surface area (Å²) in [6, 6.07) is 10.4. The van der Waals surface area contributed by atoms with Gasteiger partial charge in [0.05, 0.1) is 0 Å². The Morgan fingerprint density at radius 1 is 1.17 bits per heavy atom. The van der Waals surface area contributed by atoms with E-state index in [2.05, 4.69) is 10.6 Å². The second-order valence-electron chi connectivity index (χ2n) is 5.04. The van der Waals surface area contributed by atoms with Gasteiger partial charge in [0.2, 0.25) is 5.91 Å². The van der Waals surface area contributed by atoms with Crippen LogP contribution in [0.25, 0.3) is 6.08 Å². The summed E-state index contributed by atoms with van der Waals surface area (Å²) in [5.41, 5.74) is 0.630. The first kappa shape index (κ1) is 17.3. The third-order valence-electron chi connectivity index (χ3n) is 3.03. The first-order valence-electron chi connectivity index (χ1n) is 7.62. The van der Waals surface area contributed by atoms with Crippen LogP contribution in [0.15, 0.2) is 46.9 Å². The van der Waals surface area contributed by atoms with Crippen molar-refractivity contribution in [1.29, 1.82) is 0 Å². The van der Waals surface area contributed by atoms with E-state index in [1.807, 2.05) is 19.9 Å². The van der Waals surface area contributed by atoms with Gasteiger partial charge in [-0.3, -0.25) is 9.59 Å². The Balaban J connectivity index is 1.83. The molecule has 2 rings (SSSR count). The summed E-state index contributed by atoms with van der Waals surface area (Å²) in [5.74, 6) is 1.53. The Labute approximate surface area is 140 Å². The fourth-order valence-corrected chi connectivity index (χ4v) is 1.92. The maximum Gasteiger partial charge on any atom is 0.257 e. The van der Waals surface area contributed by atoms with Crippen molar-refractivity contribution in [3.8, 4) is 5.75 Å². The summed E-state index contributed by atoms with van der Waals surface area (Å²) < 4.78 is 10.7. The van der Waals surface area contributed by atoms with Gasteiger partial charge in [0.25, 0.3) is 5.91 Å². The highest BCUT2D eigenvalue weighted by Crippen LogP contribution is 2.16. The van der Waals surface area contributed by atoms with Crippen molar-refractivity contribution in [1.82, 2.24) is 5.32 Å². The molecule has 2 amide bonds. The van der Waals surface area contributed by atoms with E-state index in [-0.39, 0.29) is 18.4 Å². The molecular formula is C18H20N2O4. The highest BCUT2D eigenvalue weighted by Gasteiger charge is 2.02. The van der Waals surface area contributed by atoms with Crippen LogP contribution in [0, 0.1) is 6.92 Å². The SMILES string of the molecule is CCNC(=O)COc1ccc(NC(=O)/C=C/c2ccc(C)o2)cc1. The van der Waals surface area contributed by atoms with Gasteiger partial charge in [0.15, 0.2) is 6.61 Å². The molecule has 126 valence electrons. The highest BCUT2D eigenvalue weighted by atomic mass is 16.5. The van der Waals surface area contributed by atoms with Crippen molar-refractivity contribution < 1.29 is 18.7 Å². The van der Waals surface area contributed by atoms with E-state index in [0.29, 0.717) is 23.7 Å². The number of furan rings is 1. The van der Waals surface area contributed by atoms with Crippen LogP contribution in [-0.4, -0.2) is 25.0 Å². The Hall–Kier alpha value is -3.02. The van der Waals surface area contributed by atoms with Crippen molar-refractivity contribution in [3.63, 3.8) is 0 Å². The molecule has 0 fully saturated rings. The van der Waals surface area contributed by atoms with E-state index in [1.165, 1.54) is 6.08 Å². The predicted octanol–water partition coefficient (Wildman–Crippen LogP) is 2.75. The number of amides is 2. The number of anilines is 1. The van der Waals surface area contributed by atoms with Crippen LogP contribution >= 0.6 is 0 Å². The first-order chi connectivity index (χ1) is 11.6. The number of carbonyl (C=O) groups excluding carboxylic acids is 2. The Bertz CT molecular complexity index is 717. The Morgan fingerprint density at radius 3 is 2.54 bits per heavy atom. The van der Waals surface area contributed by atoms with Crippen LogP contribution in [0.3, 0.4) is 0 Å². The Morgan fingerprint density at radius 2 is 1.92 bits per heavy atom. The molecule has 6 nitrogen and oxygen atoms in total. The predicted molar refractivity (Wildman–Crippen MR) is 91.7 cm³/mol. The molecule has 0 saturated heterocycles. The third-order valence-corrected chi connectivity index (χ3v) is 3.03. The van der Waals surface area contributed by atoms with E-state index >= 15 is 0 Å². The van der Waals surface area contributed by atoms with E-state index in [0.717, 1.165) is 5.76 Å². The van der Waals surface area contributed by atoms with Crippen molar-refractivity contribution in [2.75, 3.05) is 18.5 Å². The lowest BCUT2D eigenvalue weighted by Crippen LogP contribution is -2.28. The molecule has 0 aliphatic carbocycles. The number of aryl methyl sites for hydroxylation is 1. The van der Waals surface area contributed by atoms with Crippen molar-refractivity contribution in [3.05, 3.63) is 54.0 Å². The third kappa shape index (κ3) is 5.64. The normalized spacial score (nSPS) is 10.6. The molecule has 0 radical (unpaired) electrons. The molecule has 0 aliphatic rings. The van der Waals surface area contributed by atoms with Crippen LogP contribution in [0.4, 0.5) is 5.69 Å². The number of hydrogen-bond acceptors (Lipinski definition) is 4. The molecular weight excluding hydrogens is 308 g/mol. The molecule has 2 N–H and O–H groups in total. The number of carbonyl (C=O) groups is 2. The number of ether oxygens (including phenoxy) is 1. The molecule has 2 aromatic rings. The molecule has 0 aliphatic heterocycles. The zero-order valence-electron chi connectivity index (χ0n) is 13.7. The summed E-state index contributed by atoms with van der Waals surface area (Å²) in [4.78, 5) is 23.2. The monoisotopic (exact) mass is 328 g/mol. The summed E-state index contributed by atoms with van der Waals surface area (Å²) >= 11 is 0. The van der Waals surface area contributed by atoms with E-state index in [1.54, 1.807) is 36.4 Å². The quantitative estimate of drug-likeness (QED) is 0.766. The smallest absolute Gasteiger partial charge is 0.257 e. The van der Waals surface area contributed by atoms with Gasteiger partial charge in [-0.05, 0) is 56.3 Å². The van der Waals surface area contributed by atoms with Gasteiger partial charge in [-0.2, -0.15) is 0 Å². The molecule has 24 heavy (non-hydrogen) atoms. The van der Waals surface area contributed by atoms with Crippen LogP contribution in [-0.2, 0) is 9.59 Å². The lowest BCUT2D eigenvalue weighted by Gasteiger charge is -2.07. The Kier molecular flexibility index (Phi) is 6.19. The summed E-state index contributed by atoms with van der Waals surface area (Å²) in [6.07, 6.45) is 3.00. The van der Waals surface area contributed by atoms with E-state index in [4.69, 9.17) is 9.15 Å². The average Bonchev–Trinajstić information content (AvgIpc) is 2.98. The lowest BCUT2D eigenvalue weighted by molar-refractivity contribution is -0.123. The standard InChI is InChI=1S/C18H20N2O4/c1-3-19-18(22)12-23-15-8-5-14(6-9-15)20-17(21)11-10-16-7-4-13(2)24-16/h4-11H,3,12H2,1-2H3,(H,19,22)(H,20,21)/b11-10+. The van der Waals surface area contributed by atoms with Crippen molar-refractivity contribution in [2.45, 2.75) is 13.8 Å². The minimum absolute atomic E-state index is 0.0369. The second-order valence-corrected chi connectivity index (χ2v) is 5.04. The highest BCUT2D eigenvalue weighted by molar-refractivity contribution is 6.01. The zero-order chi connectivity index (χ0) is 17.4. The minimum atomic E-state index is -0.264. The minimum Gasteiger partial charge on any atom is -0.484 e. The topological polar surface area (TPSA) is 80.6 Å². The van der Waals surface area contributed by atoms with Crippen LogP contribution < -0.4 is 15.4 Å². The molecule has 0 spiro atoms. The number of likely N-dealkylation sites (N-methyl/N-ethyl adjacent to an activating group) is 1. The zero-order valence-corrected chi connectivity index (χ0v) is 13.7. The van der Waals surface area contributed by atoms with Gasteiger partial charge in [-0.25, -0.2) is 0 Å². The number of benzene rings is 1. The van der Waals surface area contributed by atoms with Crippen LogP contribution in [0.2, 0.25) is 0 Å². The fraction of sp³-hybridized carbons (Fsp3) is 0.222. The summed E-state index contributed by atoms with van der Waals surface area (Å²) in [5, 5.41) is 5.38. The van der Waals surface area contributed by atoms with Crippen LogP contribution in [0.1, 0.15) is 18.4 Å². The first-order valence-corrected chi connectivity index (χ1v) is 7.62. The lowest BCUT2D eigenvalue weighted by atomic mass is 10.3. The largest absolute Gasteiger partial charge is 0.484 e. The molecule has 0 atom stereocenters. The summed E-state index contributed by atoms with van der Waals surface area (Å²) in [6.45, 7) is 4.22. The van der Waals surface area contributed by atoms with Gasteiger partial charge in [-0.1, -0.05) is 0 Å². The number of hydrogen-bond donors (Lipinski definition) is 2. The average molecular weight is 328 g/mol. The van der Waals surface area contributed by atoms with Gasteiger partial charge in [0.1, 0.15) is 17.3 Å². The fourth-order valence-electron chi connectivity index (χ4n) is 1.92. The van der Waals surface area contributed by atoms with Gasteiger partial charge in [0, 0.05) is 18.3 Å². The van der Waals surface area contributed by atoms with E-state index < -0.39 is 0 Å². The molecule has 6 heteroatoms. The van der Waals surface area contributed by atoms with Crippen molar-refractivity contribution in [2.24, 2.45) is 0 Å². The molecule has 1 aromatic carbocycles. The molecule has 0 bridgehead atoms. The van der Waals surface area contributed by atoms with Gasteiger partial charge >= 0.3 is 0 Å². The molecule has 1 heterocycles. The molecule has 0 unspecified atom stereocenters. The van der Waals surface area contributed by atoms with E-state index in [9.17, 15) is 9.59 Å². The van der Waals surface area contributed by atoms with Crippen LogP contribution in [0.5, 0.6) is 5.75 Å². The maximum atomic E-state index is 11.8.